The third-order valence-electron chi connectivity index (χ3n) is 4.80. The van der Waals surface area contributed by atoms with Gasteiger partial charge in [-0.05, 0) is 31.5 Å². The Bertz CT molecular complexity index is 1120. The van der Waals surface area contributed by atoms with Gasteiger partial charge in [-0.1, -0.05) is 23.7 Å². The summed E-state index contributed by atoms with van der Waals surface area (Å²) in [6.07, 6.45) is 0.736. The van der Waals surface area contributed by atoms with Crippen LogP contribution in [0.25, 0.3) is 10.2 Å². The topological polar surface area (TPSA) is 53.2 Å². The molecule has 1 aromatic carbocycles. The van der Waals surface area contributed by atoms with Gasteiger partial charge in [0.2, 0.25) is 0 Å². The highest BCUT2D eigenvalue weighted by Crippen LogP contribution is 2.37. The fraction of sp³-hybridized carbons (Fsp3) is 0.368. The summed E-state index contributed by atoms with van der Waals surface area (Å²) in [4.78, 5) is 26.7. The molecule has 136 valence electrons. The molecule has 2 aromatic heterocycles. The first-order chi connectivity index (χ1) is 12.3. The Morgan fingerprint density at radius 1 is 1.23 bits per heavy atom. The first-order valence-corrected chi connectivity index (χ1v) is 9.59. The van der Waals surface area contributed by atoms with E-state index in [2.05, 4.69) is 0 Å². The summed E-state index contributed by atoms with van der Waals surface area (Å²) in [5, 5.41) is 0.648. The van der Waals surface area contributed by atoms with Crippen molar-refractivity contribution in [2.24, 2.45) is 7.05 Å². The molecule has 0 spiro atoms. The first kappa shape index (κ1) is 17.5. The Labute approximate surface area is 159 Å². The molecular weight excluding hydrogens is 372 g/mol. The largest absolute Gasteiger partial charge is 0.370 e. The van der Waals surface area contributed by atoms with E-state index < -0.39 is 0 Å². The Morgan fingerprint density at radius 2 is 1.92 bits per heavy atom. The van der Waals surface area contributed by atoms with Gasteiger partial charge in [0.15, 0.2) is 0 Å². The van der Waals surface area contributed by atoms with Crippen LogP contribution >= 0.6 is 22.9 Å². The lowest BCUT2D eigenvalue weighted by Gasteiger charge is -2.30. The van der Waals surface area contributed by atoms with Gasteiger partial charge in [0.1, 0.15) is 4.70 Å². The van der Waals surface area contributed by atoms with Crippen molar-refractivity contribution in [3.05, 3.63) is 66.1 Å². The van der Waals surface area contributed by atoms with Crippen LogP contribution in [0, 0.1) is 0 Å². The molecular formula is C19H19ClN2O3S. The van der Waals surface area contributed by atoms with Crippen molar-refractivity contribution in [1.29, 1.82) is 0 Å². The Morgan fingerprint density at radius 3 is 2.62 bits per heavy atom. The number of halogens is 1. The zero-order valence-electron chi connectivity index (χ0n) is 14.8. The van der Waals surface area contributed by atoms with Crippen LogP contribution in [0.15, 0.2) is 33.9 Å². The second kappa shape index (κ2) is 6.08. The zero-order chi connectivity index (χ0) is 18.6. The Kier molecular flexibility index (Phi) is 4.10. The summed E-state index contributed by atoms with van der Waals surface area (Å²) in [5.74, 6) is 0. The molecule has 4 rings (SSSR count). The van der Waals surface area contributed by atoms with Crippen LogP contribution in [0.5, 0.6) is 0 Å². The van der Waals surface area contributed by atoms with Crippen molar-refractivity contribution in [1.82, 2.24) is 9.13 Å². The average molecular weight is 391 g/mol. The van der Waals surface area contributed by atoms with E-state index >= 15 is 0 Å². The van der Waals surface area contributed by atoms with Gasteiger partial charge in [0.05, 0.1) is 24.3 Å². The summed E-state index contributed by atoms with van der Waals surface area (Å²) in [6.45, 7) is 4.88. The second-order valence-electron chi connectivity index (χ2n) is 7.27. The van der Waals surface area contributed by atoms with Crippen molar-refractivity contribution >= 4 is 33.2 Å². The minimum atomic E-state index is -0.317. The van der Waals surface area contributed by atoms with Crippen molar-refractivity contribution in [3.8, 4) is 0 Å². The van der Waals surface area contributed by atoms with Crippen LogP contribution in [0.2, 0.25) is 5.02 Å². The maximum absolute atomic E-state index is 12.8. The maximum Gasteiger partial charge on any atom is 0.331 e. The molecule has 1 aliphatic rings. The number of benzene rings is 1. The van der Waals surface area contributed by atoms with Gasteiger partial charge in [-0.3, -0.25) is 13.9 Å². The van der Waals surface area contributed by atoms with E-state index in [0.29, 0.717) is 28.4 Å². The molecule has 0 fully saturated rings. The van der Waals surface area contributed by atoms with Crippen molar-refractivity contribution in [2.75, 3.05) is 0 Å². The van der Waals surface area contributed by atoms with Gasteiger partial charge in [-0.25, -0.2) is 4.79 Å². The molecule has 7 heteroatoms. The summed E-state index contributed by atoms with van der Waals surface area (Å²) in [7, 11) is 1.53. The van der Waals surface area contributed by atoms with Gasteiger partial charge < -0.3 is 4.74 Å². The normalized spacial score (nSPS) is 16.0. The fourth-order valence-corrected chi connectivity index (χ4v) is 4.99. The molecule has 1 aliphatic heterocycles. The number of hydrogen-bond donors (Lipinski definition) is 0. The smallest absolute Gasteiger partial charge is 0.331 e. The highest BCUT2D eigenvalue weighted by atomic mass is 35.5. The summed E-state index contributed by atoms with van der Waals surface area (Å²) in [5.41, 5.74) is 1.81. The molecule has 0 radical (unpaired) electrons. The van der Waals surface area contributed by atoms with Crippen molar-refractivity contribution in [3.63, 3.8) is 0 Å². The van der Waals surface area contributed by atoms with Crippen LogP contribution in [-0.2, 0) is 31.4 Å². The van der Waals surface area contributed by atoms with E-state index in [1.165, 1.54) is 23.0 Å². The van der Waals surface area contributed by atoms with Gasteiger partial charge in [-0.15, -0.1) is 11.3 Å². The molecule has 3 heterocycles. The highest BCUT2D eigenvalue weighted by molar-refractivity contribution is 7.19. The highest BCUT2D eigenvalue weighted by Gasteiger charge is 2.31. The average Bonchev–Trinajstić information content (AvgIpc) is 2.95. The standard InChI is InChI=1S/C19H19ClN2O3S/c1-19(2)8-14-13(10-25-19)15-16(26-14)17(23)21(3)18(24)22(15)9-11-4-6-12(20)7-5-11/h4-7H,8-10H2,1-3H3. The van der Waals surface area contributed by atoms with E-state index in [0.717, 1.165) is 22.4 Å². The van der Waals surface area contributed by atoms with E-state index in [-0.39, 0.29) is 16.9 Å². The molecule has 5 nitrogen and oxygen atoms in total. The SMILES string of the molecule is Cn1c(=O)c2sc3c(c2n(Cc2ccc(Cl)cc2)c1=O)COC(C)(C)C3. The molecule has 0 saturated heterocycles. The van der Waals surface area contributed by atoms with E-state index in [4.69, 9.17) is 16.3 Å². The number of rotatable bonds is 2. The van der Waals surface area contributed by atoms with Crippen LogP contribution in [0.4, 0.5) is 0 Å². The van der Waals surface area contributed by atoms with Gasteiger partial charge in [-0.2, -0.15) is 0 Å². The minimum absolute atomic E-state index is 0.241. The summed E-state index contributed by atoms with van der Waals surface area (Å²) < 4.78 is 9.44. The molecule has 0 amide bonds. The number of nitrogens with zero attached hydrogens (tertiary/aromatic N) is 2. The number of thiophene rings is 1. The third-order valence-corrected chi connectivity index (χ3v) is 6.26. The van der Waals surface area contributed by atoms with Gasteiger partial charge >= 0.3 is 5.69 Å². The van der Waals surface area contributed by atoms with Gasteiger partial charge in [0.25, 0.3) is 5.56 Å². The van der Waals surface area contributed by atoms with Crippen LogP contribution in [0.1, 0.15) is 29.9 Å². The van der Waals surface area contributed by atoms with E-state index in [1.807, 2.05) is 26.0 Å². The Hall–Kier alpha value is -1.89. The molecule has 0 bridgehead atoms. The predicted molar refractivity (Wildman–Crippen MR) is 104 cm³/mol. The lowest BCUT2D eigenvalue weighted by molar-refractivity contribution is -0.0384. The number of aromatic nitrogens is 2. The molecule has 3 aromatic rings. The molecule has 0 N–H and O–H groups in total. The van der Waals surface area contributed by atoms with E-state index in [9.17, 15) is 9.59 Å². The zero-order valence-corrected chi connectivity index (χ0v) is 16.4. The van der Waals surface area contributed by atoms with Crippen molar-refractivity contribution in [2.45, 2.75) is 39.0 Å². The van der Waals surface area contributed by atoms with Gasteiger partial charge in [0, 0.05) is 28.9 Å². The van der Waals surface area contributed by atoms with Crippen LogP contribution < -0.4 is 11.2 Å². The van der Waals surface area contributed by atoms with Crippen LogP contribution in [-0.4, -0.2) is 14.7 Å². The third kappa shape index (κ3) is 2.82. The molecule has 0 aliphatic carbocycles. The Balaban J connectivity index is 1.97. The van der Waals surface area contributed by atoms with Crippen LogP contribution in [0.3, 0.4) is 0 Å². The first-order valence-electron chi connectivity index (χ1n) is 8.39. The summed E-state index contributed by atoms with van der Waals surface area (Å²) in [6, 6.07) is 7.39. The predicted octanol–water partition coefficient (Wildman–Crippen LogP) is 3.31. The van der Waals surface area contributed by atoms with E-state index in [1.54, 1.807) is 16.7 Å². The lowest BCUT2D eigenvalue weighted by Crippen LogP contribution is -2.38. The lowest BCUT2D eigenvalue weighted by atomic mass is 9.98. The number of hydrogen-bond acceptors (Lipinski definition) is 4. The monoisotopic (exact) mass is 390 g/mol. The molecule has 0 saturated carbocycles. The molecule has 0 atom stereocenters. The minimum Gasteiger partial charge on any atom is -0.370 e. The number of fused-ring (bicyclic) bond motifs is 3. The fourth-order valence-electron chi connectivity index (χ4n) is 3.36. The molecule has 26 heavy (non-hydrogen) atoms. The maximum atomic E-state index is 12.8. The van der Waals surface area contributed by atoms with Crippen molar-refractivity contribution < 1.29 is 4.74 Å². The second-order valence-corrected chi connectivity index (χ2v) is 8.81. The molecule has 0 unspecified atom stereocenters. The summed E-state index contributed by atoms with van der Waals surface area (Å²) >= 11 is 7.45. The quantitative estimate of drug-likeness (QED) is 0.674. The number of ether oxygens (including phenoxy) is 1.